The summed E-state index contributed by atoms with van der Waals surface area (Å²) in [4.78, 5) is 11.1. The third-order valence-electron chi connectivity index (χ3n) is 7.15. The maximum absolute atomic E-state index is 15.1. The Bertz CT molecular complexity index is 1450. The van der Waals surface area contributed by atoms with Gasteiger partial charge in [-0.1, -0.05) is 0 Å². The number of hydrogen-bond acceptors (Lipinski definition) is 7. The average Bonchev–Trinajstić information content (AvgIpc) is 3.47. The molecule has 0 saturated carbocycles. The zero-order chi connectivity index (χ0) is 25.1. The number of nitrogens with zero attached hydrogens (tertiary/aromatic N) is 6. The van der Waals surface area contributed by atoms with E-state index in [-0.39, 0.29) is 23.8 Å². The standard InChI is InChI=1S/C25H29F2N7O2/c1-13(2)34-14(3)28-22-18(26)7-15(8-21(22)34)17-5-6-33-23(17)24(35-4)30-25(31-33)29-20-10-32(9-19(20)27)16-11-36-12-16/h5-8,13,16,19-20H,9-12H2,1-4H3,(H,29,31)/t19-,20+/m1/s1. The fourth-order valence-corrected chi connectivity index (χ4v) is 5.33. The second-order valence-electron chi connectivity index (χ2n) is 9.83. The number of halogens is 2. The second kappa shape index (κ2) is 8.67. The molecule has 0 bridgehead atoms. The van der Waals surface area contributed by atoms with Crippen LogP contribution in [0.15, 0.2) is 24.4 Å². The van der Waals surface area contributed by atoms with E-state index in [9.17, 15) is 4.39 Å². The molecule has 190 valence electrons. The lowest BCUT2D eigenvalue weighted by Gasteiger charge is -2.34. The Morgan fingerprint density at radius 1 is 1.19 bits per heavy atom. The monoisotopic (exact) mass is 497 g/mol. The molecule has 0 radical (unpaired) electrons. The van der Waals surface area contributed by atoms with E-state index in [1.807, 2.05) is 37.5 Å². The highest BCUT2D eigenvalue weighted by Gasteiger charge is 2.39. The van der Waals surface area contributed by atoms with Gasteiger partial charge in [-0.2, -0.15) is 4.98 Å². The first kappa shape index (κ1) is 23.1. The molecule has 2 aliphatic rings. The number of imidazole rings is 1. The predicted molar refractivity (Wildman–Crippen MR) is 132 cm³/mol. The quantitative estimate of drug-likeness (QED) is 0.436. The summed E-state index contributed by atoms with van der Waals surface area (Å²) in [6.45, 7) is 8.17. The van der Waals surface area contributed by atoms with Crippen LogP contribution in [0.2, 0.25) is 0 Å². The van der Waals surface area contributed by atoms with E-state index in [0.717, 1.165) is 16.9 Å². The summed E-state index contributed by atoms with van der Waals surface area (Å²) in [6, 6.07) is 5.23. The lowest BCUT2D eigenvalue weighted by molar-refractivity contribution is -0.0585. The summed E-state index contributed by atoms with van der Waals surface area (Å²) >= 11 is 0. The van der Waals surface area contributed by atoms with Gasteiger partial charge in [-0.15, -0.1) is 5.10 Å². The summed E-state index contributed by atoms with van der Waals surface area (Å²) in [5.74, 6) is 0.963. The Labute approximate surface area is 207 Å². The van der Waals surface area contributed by atoms with Crippen LogP contribution in [0.1, 0.15) is 25.7 Å². The summed E-state index contributed by atoms with van der Waals surface area (Å²) < 4.78 is 44.4. The van der Waals surface area contributed by atoms with Crippen LogP contribution in [-0.2, 0) is 4.74 Å². The molecule has 2 saturated heterocycles. The molecule has 9 nitrogen and oxygen atoms in total. The van der Waals surface area contributed by atoms with Gasteiger partial charge in [0, 0.05) is 30.9 Å². The van der Waals surface area contributed by atoms with Crippen molar-refractivity contribution in [3.05, 3.63) is 36.0 Å². The summed E-state index contributed by atoms with van der Waals surface area (Å²) in [5, 5.41) is 7.70. The Morgan fingerprint density at radius 2 is 2.00 bits per heavy atom. The first-order chi connectivity index (χ1) is 17.3. The van der Waals surface area contributed by atoms with E-state index in [2.05, 4.69) is 25.3 Å². The number of aryl methyl sites for hydroxylation is 1. The molecule has 2 atom stereocenters. The summed E-state index contributed by atoms with van der Waals surface area (Å²) in [7, 11) is 1.52. The van der Waals surface area contributed by atoms with Crippen LogP contribution in [0, 0.1) is 12.7 Å². The van der Waals surface area contributed by atoms with Gasteiger partial charge in [0.1, 0.15) is 23.0 Å². The summed E-state index contributed by atoms with van der Waals surface area (Å²) in [6.07, 6.45) is 0.729. The van der Waals surface area contributed by atoms with Gasteiger partial charge in [0.05, 0.1) is 37.9 Å². The SMILES string of the molecule is COc1nc(N[C@H]2CN(C3COC3)C[C@H]2F)nn2ccc(-c3cc(F)c4nc(C)n(C(C)C)c4c3)c12. The van der Waals surface area contributed by atoms with Crippen molar-refractivity contribution in [1.29, 1.82) is 0 Å². The van der Waals surface area contributed by atoms with Gasteiger partial charge in [-0.3, -0.25) is 4.90 Å². The molecule has 0 unspecified atom stereocenters. The van der Waals surface area contributed by atoms with E-state index < -0.39 is 12.2 Å². The topological polar surface area (TPSA) is 81.7 Å². The van der Waals surface area contributed by atoms with Crippen LogP contribution in [-0.4, -0.2) is 80.7 Å². The minimum atomic E-state index is -1.04. The first-order valence-electron chi connectivity index (χ1n) is 12.2. The van der Waals surface area contributed by atoms with Gasteiger partial charge in [-0.25, -0.2) is 18.3 Å². The van der Waals surface area contributed by atoms with Crippen molar-refractivity contribution >= 4 is 22.5 Å². The van der Waals surface area contributed by atoms with Crippen molar-refractivity contribution in [3.8, 4) is 17.0 Å². The fraction of sp³-hybridized carbons (Fsp3) is 0.480. The van der Waals surface area contributed by atoms with Gasteiger partial charge in [0.2, 0.25) is 11.8 Å². The molecule has 1 aromatic carbocycles. The molecule has 6 rings (SSSR count). The minimum Gasteiger partial charge on any atom is -0.479 e. The van der Waals surface area contributed by atoms with Crippen molar-refractivity contribution < 1.29 is 18.3 Å². The van der Waals surface area contributed by atoms with Crippen molar-refractivity contribution in [2.45, 2.75) is 45.1 Å². The molecule has 0 spiro atoms. The molecule has 2 aliphatic heterocycles. The third kappa shape index (κ3) is 3.68. The third-order valence-corrected chi connectivity index (χ3v) is 7.15. The van der Waals surface area contributed by atoms with Gasteiger partial charge in [-0.05, 0) is 44.5 Å². The number of benzene rings is 1. The van der Waals surface area contributed by atoms with Crippen LogP contribution in [0.25, 0.3) is 27.7 Å². The van der Waals surface area contributed by atoms with Gasteiger partial charge in [0.15, 0.2) is 5.82 Å². The van der Waals surface area contributed by atoms with Gasteiger partial charge < -0.3 is 19.4 Å². The molecule has 4 aromatic rings. The lowest BCUT2D eigenvalue weighted by Crippen LogP contribution is -2.48. The molecule has 0 aliphatic carbocycles. The Kier molecular flexibility index (Phi) is 5.56. The fourth-order valence-electron chi connectivity index (χ4n) is 5.33. The highest BCUT2D eigenvalue weighted by molar-refractivity contribution is 5.90. The van der Waals surface area contributed by atoms with E-state index in [1.54, 1.807) is 10.7 Å². The molecule has 36 heavy (non-hydrogen) atoms. The van der Waals surface area contributed by atoms with Crippen molar-refractivity contribution in [2.24, 2.45) is 0 Å². The maximum atomic E-state index is 15.1. The van der Waals surface area contributed by atoms with Crippen LogP contribution < -0.4 is 10.1 Å². The number of aromatic nitrogens is 5. The smallest absolute Gasteiger partial charge is 0.244 e. The molecular formula is C25H29F2N7O2. The predicted octanol–water partition coefficient (Wildman–Crippen LogP) is 3.62. The maximum Gasteiger partial charge on any atom is 0.244 e. The van der Waals surface area contributed by atoms with Crippen molar-refractivity contribution in [2.75, 3.05) is 38.7 Å². The molecule has 3 aromatic heterocycles. The number of likely N-dealkylation sites (tertiary alicyclic amines) is 1. The average molecular weight is 498 g/mol. The number of anilines is 1. The molecule has 1 N–H and O–H groups in total. The Balaban J connectivity index is 1.37. The molecule has 5 heterocycles. The molecule has 2 fully saturated rings. The Morgan fingerprint density at radius 3 is 2.69 bits per heavy atom. The molecule has 0 amide bonds. The number of rotatable bonds is 6. The minimum absolute atomic E-state index is 0.129. The largest absolute Gasteiger partial charge is 0.479 e. The van der Waals surface area contributed by atoms with Gasteiger partial charge in [0.25, 0.3) is 0 Å². The van der Waals surface area contributed by atoms with Crippen molar-refractivity contribution in [1.82, 2.24) is 29.0 Å². The summed E-state index contributed by atoms with van der Waals surface area (Å²) in [5.41, 5.74) is 3.08. The number of ether oxygens (including phenoxy) is 2. The highest BCUT2D eigenvalue weighted by Crippen LogP contribution is 2.35. The number of hydrogen-bond donors (Lipinski definition) is 1. The number of nitrogens with one attached hydrogen (secondary N) is 1. The number of methoxy groups -OCH3 is 1. The number of alkyl halides is 1. The normalized spacial score (nSPS) is 21.1. The van der Waals surface area contributed by atoms with Crippen LogP contribution >= 0.6 is 0 Å². The van der Waals surface area contributed by atoms with E-state index >= 15 is 4.39 Å². The van der Waals surface area contributed by atoms with Crippen LogP contribution in [0.4, 0.5) is 14.7 Å². The van der Waals surface area contributed by atoms with E-state index in [1.165, 1.54) is 13.2 Å². The first-order valence-corrected chi connectivity index (χ1v) is 12.2. The van der Waals surface area contributed by atoms with Gasteiger partial charge >= 0.3 is 0 Å². The molecular weight excluding hydrogens is 468 g/mol. The van der Waals surface area contributed by atoms with Crippen LogP contribution in [0.5, 0.6) is 5.88 Å². The zero-order valence-electron chi connectivity index (χ0n) is 20.7. The van der Waals surface area contributed by atoms with E-state index in [4.69, 9.17) is 9.47 Å². The highest BCUT2D eigenvalue weighted by atomic mass is 19.1. The number of fused-ring (bicyclic) bond motifs is 2. The van der Waals surface area contributed by atoms with Crippen LogP contribution in [0.3, 0.4) is 0 Å². The lowest BCUT2D eigenvalue weighted by atomic mass is 10.1. The Hall–Kier alpha value is -3.31. The second-order valence-corrected chi connectivity index (χ2v) is 9.83. The molecule has 11 heteroatoms. The zero-order valence-corrected chi connectivity index (χ0v) is 20.7. The van der Waals surface area contributed by atoms with E-state index in [0.29, 0.717) is 48.8 Å². The van der Waals surface area contributed by atoms with Crippen molar-refractivity contribution in [3.63, 3.8) is 0 Å².